The predicted molar refractivity (Wildman–Crippen MR) is 110 cm³/mol. The number of nitrogens with zero attached hydrogens (tertiary/aromatic N) is 4. The lowest BCUT2D eigenvalue weighted by Crippen LogP contribution is -2.48. The first kappa shape index (κ1) is 18.6. The normalized spacial score (nSPS) is 14.5. The number of aromatic nitrogens is 1. The van der Waals surface area contributed by atoms with Crippen LogP contribution in [0.1, 0.15) is 16.6 Å². The molecule has 1 fully saturated rings. The first-order valence-electron chi connectivity index (χ1n) is 8.87. The van der Waals surface area contributed by atoms with Gasteiger partial charge in [-0.15, -0.1) is 0 Å². The highest BCUT2D eigenvalue weighted by atomic mass is 32.1. The predicted octanol–water partition coefficient (Wildman–Crippen LogP) is 3.63. The summed E-state index contributed by atoms with van der Waals surface area (Å²) in [5.41, 5.74) is 0.869. The maximum Gasteiger partial charge on any atom is 0.324 e. The summed E-state index contributed by atoms with van der Waals surface area (Å²) < 4.78 is 6.74. The number of fused-ring (bicyclic) bond motifs is 1. The van der Waals surface area contributed by atoms with Crippen molar-refractivity contribution < 1.29 is 14.5 Å². The van der Waals surface area contributed by atoms with E-state index < -0.39 is 4.92 Å². The fourth-order valence-electron chi connectivity index (χ4n) is 3.12. The third-order valence-electron chi connectivity index (χ3n) is 4.49. The number of ether oxygens (including phenoxy) is 1. The van der Waals surface area contributed by atoms with Crippen molar-refractivity contribution in [2.24, 2.45) is 0 Å². The van der Waals surface area contributed by atoms with E-state index in [9.17, 15) is 14.9 Å². The van der Waals surface area contributed by atoms with Gasteiger partial charge in [-0.2, -0.15) is 0 Å². The number of thiazole rings is 1. The molecule has 10 heteroatoms. The molecule has 3 heterocycles. The molecule has 0 bridgehead atoms. The number of carbonyl (C=O) groups is 1. The molecule has 0 N–H and O–H groups in total. The van der Waals surface area contributed by atoms with Gasteiger partial charge in [0.2, 0.25) is 0 Å². The molecule has 1 amide bonds. The number of hydrogen-bond acceptors (Lipinski definition) is 8. The van der Waals surface area contributed by atoms with Crippen LogP contribution < -0.4 is 9.64 Å². The smallest absolute Gasteiger partial charge is 0.324 e. The minimum absolute atomic E-state index is 0.0124. The van der Waals surface area contributed by atoms with Gasteiger partial charge < -0.3 is 14.5 Å². The van der Waals surface area contributed by atoms with Crippen molar-refractivity contribution >= 4 is 48.9 Å². The molecular formula is C18H18N4O4S2. The second kappa shape index (κ2) is 7.72. The van der Waals surface area contributed by atoms with E-state index in [1.54, 1.807) is 16.2 Å². The van der Waals surface area contributed by atoms with Crippen LogP contribution in [0.3, 0.4) is 0 Å². The summed E-state index contributed by atoms with van der Waals surface area (Å²) in [5.74, 6) is 0.635. The van der Waals surface area contributed by atoms with Crippen LogP contribution in [0, 0.1) is 10.1 Å². The molecule has 0 saturated carbocycles. The highest BCUT2D eigenvalue weighted by Gasteiger charge is 2.26. The van der Waals surface area contributed by atoms with E-state index in [4.69, 9.17) is 9.72 Å². The van der Waals surface area contributed by atoms with E-state index in [-0.39, 0.29) is 10.9 Å². The van der Waals surface area contributed by atoms with Crippen LogP contribution in [-0.4, -0.2) is 53.5 Å². The number of nitro groups is 1. The Morgan fingerprint density at radius 1 is 1.21 bits per heavy atom. The Morgan fingerprint density at radius 2 is 2.00 bits per heavy atom. The molecular weight excluding hydrogens is 400 g/mol. The molecule has 0 unspecified atom stereocenters. The van der Waals surface area contributed by atoms with Crippen LogP contribution in [0.5, 0.6) is 5.75 Å². The maximum absolute atomic E-state index is 12.6. The van der Waals surface area contributed by atoms with Gasteiger partial charge in [-0.1, -0.05) is 28.7 Å². The Labute approximate surface area is 169 Å². The van der Waals surface area contributed by atoms with Crippen molar-refractivity contribution in [3.63, 3.8) is 0 Å². The SMILES string of the molecule is CCOc1cccc2sc(N3CCN(C(=O)c4ccc([N+](=O)[O-])s4)CC3)nc12. The van der Waals surface area contributed by atoms with Gasteiger partial charge in [-0.05, 0) is 25.1 Å². The highest BCUT2D eigenvalue weighted by molar-refractivity contribution is 7.22. The largest absolute Gasteiger partial charge is 0.492 e. The average Bonchev–Trinajstić information content (AvgIpc) is 3.36. The monoisotopic (exact) mass is 418 g/mol. The van der Waals surface area contributed by atoms with Gasteiger partial charge in [0.15, 0.2) is 5.13 Å². The Kier molecular flexibility index (Phi) is 5.14. The fourth-order valence-corrected chi connectivity index (χ4v) is 4.94. The molecule has 2 aromatic heterocycles. The number of thiophene rings is 1. The number of benzene rings is 1. The Morgan fingerprint density at radius 3 is 2.68 bits per heavy atom. The molecule has 8 nitrogen and oxygen atoms in total. The molecule has 1 aromatic carbocycles. The third-order valence-corrected chi connectivity index (χ3v) is 6.60. The van der Waals surface area contributed by atoms with E-state index >= 15 is 0 Å². The number of carbonyl (C=O) groups excluding carboxylic acids is 1. The lowest BCUT2D eigenvalue weighted by molar-refractivity contribution is -0.380. The molecule has 0 spiro atoms. The van der Waals surface area contributed by atoms with Crippen LogP contribution in [0.15, 0.2) is 30.3 Å². The summed E-state index contributed by atoms with van der Waals surface area (Å²) in [7, 11) is 0. The zero-order valence-electron chi connectivity index (χ0n) is 15.2. The Balaban J connectivity index is 1.45. The van der Waals surface area contributed by atoms with Crippen molar-refractivity contribution in [1.29, 1.82) is 0 Å². The molecule has 146 valence electrons. The van der Waals surface area contributed by atoms with E-state index in [1.165, 1.54) is 12.1 Å². The molecule has 1 aliphatic heterocycles. The van der Waals surface area contributed by atoms with Crippen molar-refractivity contribution in [2.75, 3.05) is 37.7 Å². The quantitative estimate of drug-likeness (QED) is 0.464. The number of rotatable bonds is 5. The van der Waals surface area contributed by atoms with E-state index in [2.05, 4.69) is 4.90 Å². The van der Waals surface area contributed by atoms with Gasteiger partial charge in [0, 0.05) is 32.2 Å². The summed E-state index contributed by atoms with van der Waals surface area (Å²) in [6.45, 7) is 4.99. The minimum atomic E-state index is -0.469. The summed E-state index contributed by atoms with van der Waals surface area (Å²) >= 11 is 2.54. The summed E-state index contributed by atoms with van der Waals surface area (Å²) in [6.07, 6.45) is 0. The summed E-state index contributed by atoms with van der Waals surface area (Å²) in [4.78, 5) is 32.0. The zero-order chi connectivity index (χ0) is 19.7. The topological polar surface area (TPSA) is 88.8 Å². The van der Waals surface area contributed by atoms with E-state index in [1.807, 2.05) is 25.1 Å². The molecule has 4 rings (SSSR count). The van der Waals surface area contributed by atoms with Crippen LogP contribution in [-0.2, 0) is 0 Å². The lowest BCUT2D eigenvalue weighted by atomic mass is 10.3. The Hall–Kier alpha value is -2.72. The molecule has 0 atom stereocenters. The van der Waals surface area contributed by atoms with Crippen LogP contribution >= 0.6 is 22.7 Å². The molecule has 3 aromatic rings. The van der Waals surface area contributed by atoms with Crippen LogP contribution in [0.25, 0.3) is 10.2 Å². The third kappa shape index (κ3) is 3.52. The second-order valence-electron chi connectivity index (χ2n) is 6.21. The Bertz CT molecular complexity index is 1020. The minimum Gasteiger partial charge on any atom is -0.492 e. The molecule has 1 saturated heterocycles. The molecule has 1 aliphatic rings. The van der Waals surface area contributed by atoms with Gasteiger partial charge in [0.05, 0.1) is 21.1 Å². The van der Waals surface area contributed by atoms with Gasteiger partial charge in [0.1, 0.15) is 11.3 Å². The first-order chi connectivity index (χ1) is 13.6. The van der Waals surface area contributed by atoms with Gasteiger partial charge in [0.25, 0.3) is 5.91 Å². The van der Waals surface area contributed by atoms with Gasteiger partial charge in [-0.3, -0.25) is 14.9 Å². The molecule has 28 heavy (non-hydrogen) atoms. The van der Waals surface area contributed by atoms with Crippen LogP contribution in [0.2, 0.25) is 0 Å². The van der Waals surface area contributed by atoms with Gasteiger partial charge in [-0.25, -0.2) is 4.98 Å². The zero-order valence-corrected chi connectivity index (χ0v) is 16.8. The van der Waals surface area contributed by atoms with E-state index in [0.717, 1.165) is 32.4 Å². The fraction of sp³-hybridized carbons (Fsp3) is 0.333. The summed E-state index contributed by atoms with van der Waals surface area (Å²) in [6, 6.07) is 8.83. The molecule has 0 radical (unpaired) electrons. The van der Waals surface area contributed by atoms with Crippen molar-refractivity contribution in [3.05, 3.63) is 45.3 Å². The average molecular weight is 419 g/mol. The summed E-state index contributed by atoms with van der Waals surface area (Å²) in [5, 5.41) is 11.7. The standard InChI is InChI=1S/C18H18N4O4S2/c1-2-26-12-4-3-5-13-16(12)19-18(28-13)21-10-8-20(9-11-21)17(23)14-6-7-15(27-14)22(24)25/h3-7H,2,8-11H2,1H3. The number of piperazine rings is 1. The number of amides is 1. The number of hydrogen-bond donors (Lipinski definition) is 0. The van der Waals surface area contributed by atoms with Crippen molar-refractivity contribution in [3.8, 4) is 5.75 Å². The molecule has 0 aliphatic carbocycles. The highest BCUT2D eigenvalue weighted by Crippen LogP contribution is 2.34. The maximum atomic E-state index is 12.6. The van der Waals surface area contributed by atoms with Crippen molar-refractivity contribution in [2.45, 2.75) is 6.92 Å². The van der Waals surface area contributed by atoms with Crippen molar-refractivity contribution in [1.82, 2.24) is 9.88 Å². The number of para-hydroxylation sites is 1. The lowest BCUT2D eigenvalue weighted by Gasteiger charge is -2.34. The van der Waals surface area contributed by atoms with Crippen LogP contribution in [0.4, 0.5) is 10.1 Å². The second-order valence-corrected chi connectivity index (χ2v) is 8.28. The van der Waals surface area contributed by atoms with Gasteiger partial charge >= 0.3 is 5.00 Å². The first-order valence-corrected chi connectivity index (χ1v) is 10.5. The number of anilines is 1. The van der Waals surface area contributed by atoms with E-state index in [0.29, 0.717) is 37.7 Å².